The van der Waals surface area contributed by atoms with E-state index in [1.54, 1.807) is 6.92 Å². The number of hydrogen-bond acceptors (Lipinski definition) is 4. The first kappa shape index (κ1) is 25.3. The fraction of sp³-hybridized carbons (Fsp3) is 0.538. The van der Waals surface area contributed by atoms with Crippen molar-refractivity contribution in [3.8, 4) is 5.88 Å². The molecule has 0 aliphatic heterocycles. The number of rotatable bonds is 7. The number of pyridine rings is 1. The van der Waals surface area contributed by atoms with E-state index in [-0.39, 0.29) is 60.8 Å². The highest BCUT2D eigenvalue weighted by Gasteiger charge is 2.31. The first-order chi connectivity index (χ1) is 10.2. The Labute approximate surface area is 155 Å². The third-order valence-electron chi connectivity index (χ3n) is 2.62. The molecule has 0 aromatic carbocycles. The highest BCUT2D eigenvalue weighted by molar-refractivity contribution is 6.31. The summed E-state index contributed by atoms with van der Waals surface area (Å²) < 4.78 is 42.4. The third-order valence-corrected chi connectivity index (χ3v) is 2.90. The standard InChI is InChI=1S/C13H17ClF3N3O2.2ClH/c1-8(18)2-3-11(21)19-4-5-22-12-10(14)6-9(7-20-12)13(15,16)17;;/h6-8H,2-5,18H2,1H3,(H,19,21);2*1H. The first-order valence-corrected chi connectivity index (χ1v) is 6.95. The Balaban J connectivity index is 0. The number of nitrogens with two attached hydrogens (primary N) is 1. The Morgan fingerprint density at radius 1 is 1.46 bits per heavy atom. The van der Waals surface area contributed by atoms with E-state index in [1.165, 1.54) is 0 Å². The SMILES string of the molecule is CC(N)CCC(=O)NCCOc1ncc(C(F)(F)F)cc1Cl.Cl.Cl. The molecule has 0 aliphatic rings. The lowest BCUT2D eigenvalue weighted by Gasteiger charge is -2.11. The van der Waals surface area contributed by atoms with Gasteiger partial charge in [-0.3, -0.25) is 4.79 Å². The second-order valence-electron chi connectivity index (χ2n) is 4.72. The van der Waals surface area contributed by atoms with E-state index in [2.05, 4.69) is 10.3 Å². The van der Waals surface area contributed by atoms with E-state index in [0.717, 1.165) is 6.07 Å². The normalized spacial score (nSPS) is 11.8. The van der Waals surface area contributed by atoms with Crippen molar-refractivity contribution in [2.75, 3.05) is 13.2 Å². The Hall–Kier alpha value is -0.960. The van der Waals surface area contributed by atoms with Crippen molar-refractivity contribution >= 4 is 42.3 Å². The summed E-state index contributed by atoms with van der Waals surface area (Å²) in [4.78, 5) is 14.9. The smallest absolute Gasteiger partial charge is 0.417 e. The second-order valence-corrected chi connectivity index (χ2v) is 5.13. The van der Waals surface area contributed by atoms with Gasteiger partial charge in [-0.2, -0.15) is 13.2 Å². The van der Waals surface area contributed by atoms with Crippen molar-refractivity contribution in [3.63, 3.8) is 0 Å². The van der Waals surface area contributed by atoms with E-state index in [4.69, 9.17) is 22.1 Å². The van der Waals surface area contributed by atoms with Crippen molar-refractivity contribution < 1.29 is 22.7 Å². The lowest BCUT2D eigenvalue weighted by Crippen LogP contribution is -2.29. The number of nitrogens with zero attached hydrogens (tertiary/aromatic N) is 1. The van der Waals surface area contributed by atoms with Gasteiger partial charge in [-0.05, 0) is 19.4 Å². The Morgan fingerprint density at radius 2 is 2.08 bits per heavy atom. The summed E-state index contributed by atoms with van der Waals surface area (Å²) in [5, 5.41) is 2.36. The van der Waals surface area contributed by atoms with Gasteiger partial charge in [0, 0.05) is 18.7 Å². The molecule has 0 fully saturated rings. The summed E-state index contributed by atoms with van der Waals surface area (Å²) >= 11 is 5.67. The zero-order valence-electron chi connectivity index (χ0n) is 12.7. The molecule has 0 saturated carbocycles. The van der Waals surface area contributed by atoms with Gasteiger partial charge in [0.25, 0.3) is 0 Å². The molecule has 0 spiro atoms. The molecule has 1 amide bonds. The molecule has 3 N–H and O–H groups in total. The number of halogens is 6. The van der Waals surface area contributed by atoms with Crippen LogP contribution in [0.4, 0.5) is 13.2 Å². The number of carbonyl (C=O) groups is 1. The van der Waals surface area contributed by atoms with Crippen molar-refractivity contribution in [2.45, 2.75) is 32.0 Å². The summed E-state index contributed by atoms with van der Waals surface area (Å²) in [6.45, 7) is 2.04. The van der Waals surface area contributed by atoms with Gasteiger partial charge in [0.15, 0.2) is 0 Å². The molecule has 1 atom stereocenters. The van der Waals surface area contributed by atoms with Crippen LogP contribution in [0.2, 0.25) is 5.02 Å². The number of hydrogen-bond donors (Lipinski definition) is 2. The van der Waals surface area contributed by atoms with Crippen LogP contribution in [0.25, 0.3) is 0 Å². The van der Waals surface area contributed by atoms with E-state index < -0.39 is 11.7 Å². The number of ether oxygens (including phenoxy) is 1. The number of amides is 1. The van der Waals surface area contributed by atoms with Crippen LogP contribution < -0.4 is 15.8 Å². The molecule has 1 heterocycles. The molecule has 1 unspecified atom stereocenters. The predicted molar refractivity (Wildman–Crippen MR) is 90.1 cm³/mol. The van der Waals surface area contributed by atoms with Crippen LogP contribution in [0.5, 0.6) is 5.88 Å². The Bertz CT molecular complexity index is 517. The average molecular weight is 413 g/mol. The van der Waals surface area contributed by atoms with Gasteiger partial charge in [-0.15, -0.1) is 24.8 Å². The van der Waals surface area contributed by atoms with Crippen LogP contribution >= 0.6 is 36.4 Å². The van der Waals surface area contributed by atoms with Crippen LogP contribution in [-0.2, 0) is 11.0 Å². The number of carbonyl (C=O) groups excluding carboxylic acids is 1. The van der Waals surface area contributed by atoms with E-state index in [0.29, 0.717) is 19.0 Å². The van der Waals surface area contributed by atoms with Gasteiger partial charge in [-0.1, -0.05) is 11.6 Å². The van der Waals surface area contributed by atoms with Crippen LogP contribution in [0.1, 0.15) is 25.3 Å². The molecule has 0 bridgehead atoms. The average Bonchev–Trinajstić information content (AvgIpc) is 2.41. The van der Waals surface area contributed by atoms with Gasteiger partial charge in [0.05, 0.1) is 12.1 Å². The van der Waals surface area contributed by atoms with Gasteiger partial charge < -0.3 is 15.8 Å². The molecule has 0 saturated heterocycles. The maximum atomic E-state index is 12.4. The van der Waals surface area contributed by atoms with Crippen molar-refractivity contribution in [1.29, 1.82) is 0 Å². The summed E-state index contributed by atoms with van der Waals surface area (Å²) in [7, 11) is 0. The third kappa shape index (κ3) is 9.36. The van der Waals surface area contributed by atoms with E-state index in [1.807, 2.05) is 0 Å². The summed E-state index contributed by atoms with van der Waals surface area (Å²) in [6, 6.07) is 0.683. The summed E-state index contributed by atoms with van der Waals surface area (Å²) in [6.07, 6.45) is -3.00. The fourth-order valence-electron chi connectivity index (χ4n) is 1.47. The molecular weight excluding hydrogens is 394 g/mol. The highest BCUT2D eigenvalue weighted by atomic mass is 35.5. The molecule has 1 aromatic rings. The summed E-state index contributed by atoms with van der Waals surface area (Å²) in [5.74, 6) is -0.285. The van der Waals surface area contributed by atoms with Crippen molar-refractivity contribution in [1.82, 2.24) is 10.3 Å². The molecule has 1 rings (SSSR count). The maximum absolute atomic E-state index is 12.4. The first-order valence-electron chi connectivity index (χ1n) is 6.58. The molecule has 0 aliphatic carbocycles. The second kappa shape index (κ2) is 11.6. The lowest BCUT2D eigenvalue weighted by molar-refractivity contribution is -0.137. The van der Waals surface area contributed by atoms with Crippen LogP contribution in [0, 0.1) is 0 Å². The molecule has 11 heteroatoms. The maximum Gasteiger partial charge on any atom is 0.417 e. The van der Waals surface area contributed by atoms with Crippen LogP contribution in [0.3, 0.4) is 0 Å². The van der Waals surface area contributed by atoms with Crippen molar-refractivity contribution in [2.24, 2.45) is 5.73 Å². The predicted octanol–water partition coefficient (Wildman–Crippen LogP) is 3.22. The van der Waals surface area contributed by atoms with Crippen molar-refractivity contribution in [3.05, 3.63) is 22.8 Å². The zero-order chi connectivity index (χ0) is 16.8. The molecule has 5 nitrogen and oxygen atoms in total. The van der Waals surface area contributed by atoms with Gasteiger partial charge in [0.2, 0.25) is 11.8 Å². The highest BCUT2D eigenvalue weighted by Crippen LogP contribution is 2.32. The molecular formula is C13H19Cl3F3N3O2. The van der Waals surface area contributed by atoms with E-state index >= 15 is 0 Å². The van der Waals surface area contributed by atoms with Gasteiger partial charge >= 0.3 is 6.18 Å². The quantitative estimate of drug-likeness (QED) is 0.674. The molecule has 24 heavy (non-hydrogen) atoms. The number of aromatic nitrogens is 1. The minimum absolute atomic E-state index is 0. The van der Waals surface area contributed by atoms with Crippen LogP contribution in [0.15, 0.2) is 12.3 Å². The molecule has 0 radical (unpaired) electrons. The van der Waals surface area contributed by atoms with Crippen LogP contribution in [-0.4, -0.2) is 30.1 Å². The fourth-order valence-corrected chi connectivity index (χ4v) is 1.69. The minimum Gasteiger partial charge on any atom is -0.475 e. The molecule has 140 valence electrons. The topological polar surface area (TPSA) is 77.2 Å². The van der Waals surface area contributed by atoms with Gasteiger partial charge in [-0.25, -0.2) is 4.98 Å². The Kier molecular flexibility index (Phi) is 12.2. The number of alkyl halides is 3. The number of nitrogens with one attached hydrogen (secondary N) is 1. The minimum atomic E-state index is -4.51. The van der Waals surface area contributed by atoms with E-state index in [9.17, 15) is 18.0 Å². The largest absolute Gasteiger partial charge is 0.475 e. The Morgan fingerprint density at radius 3 is 2.58 bits per heavy atom. The summed E-state index contributed by atoms with van der Waals surface area (Å²) in [5.41, 5.74) is 4.57. The lowest BCUT2D eigenvalue weighted by atomic mass is 10.2. The van der Waals surface area contributed by atoms with Gasteiger partial charge in [0.1, 0.15) is 11.6 Å². The zero-order valence-corrected chi connectivity index (χ0v) is 15.1. The monoisotopic (exact) mass is 411 g/mol. The molecule has 1 aromatic heterocycles.